The predicted octanol–water partition coefficient (Wildman–Crippen LogP) is 1.26. The van der Waals surface area contributed by atoms with Crippen molar-refractivity contribution in [2.45, 2.75) is 20.3 Å². The van der Waals surface area contributed by atoms with Crippen LogP contribution in [0, 0.1) is 12.8 Å². The Morgan fingerprint density at radius 3 is 2.85 bits per heavy atom. The number of likely N-dealkylation sites (tertiary alicyclic amines) is 1. The minimum Gasteiger partial charge on any atom is -0.466 e. The number of rotatable bonds is 6. The van der Waals surface area contributed by atoms with E-state index in [1.165, 1.54) is 16.2 Å². The molecule has 0 spiro atoms. The molecule has 0 aromatic carbocycles. The lowest BCUT2D eigenvalue weighted by molar-refractivity contribution is -0.142. The second kappa shape index (κ2) is 7.65. The van der Waals surface area contributed by atoms with E-state index < -0.39 is 0 Å². The van der Waals surface area contributed by atoms with Gasteiger partial charge >= 0.3 is 5.97 Å². The smallest absolute Gasteiger partial charge is 0.311 e. The molecule has 1 fully saturated rings. The molecule has 0 atom stereocenters. The van der Waals surface area contributed by atoms with E-state index in [1.54, 1.807) is 25.3 Å². The number of carbonyl (C=O) groups excluding carboxylic acids is 3. The summed E-state index contributed by atoms with van der Waals surface area (Å²) in [6, 6.07) is 1.57. The molecule has 0 radical (unpaired) electrons. The van der Waals surface area contributed by atoms with Crippen molar-refractivity contribution in [3.63, 3.8) is 0 Å². The summed E-state index contributed by atoms with van der Waals surface area (Å²) < 4.78 is 9.75. The molecule has 0 bridgehead atoms. The molecule has 1 saturated heterocycles. The quantitative estimate of drug-likeness (QED) is 0.752. The van der Waals surface area contributed by atoms with E-state index in [-0.39, 0.29) is 35.8 Å². The van der Waals surface area contributed by atoms with Crippen molar-refractivity contribution in [1.29, 1.82) is 0 Å². The largest absolute Gasteiger partial charge is 0.466 e. The van der Waals surface area contributed by atoms with Crippen LogP contribution in [0.2, 0.25) is 0 Å². The first kappa shape index (κ1) is 18.1. The SMILES string of the molecule is CCOC(=O)Cc1csc(NC(=O)C2CN(C(=O)c3cc(C)on3)C2)n1. The predicted molar refractivity (Wildman–Crippen MR) is 91.7 cm³/mol. The molecule has 2 aromatic heterocycles. The molecule has 138 valence electrons. The van der Waals surface area contributed by atoms with E-state index in [9.17, 15) is 14.4 Å². The van der Waals surface area contributed by atoms with Crippen molar-refractivity contribution in [1.82, 2.24) is 15.0 Å². The number of carbonyl (C=O) groups is 3. The number of aryl methyl sites for hydroxylation is 1. The zero-order valence-electron chi connectivity index (χ0n) is 14.4. The number of nitrogens with one attached hydrogen (secondary N) is 1. The highest BCUT2D eigenvalue weighted by molar-refractivity contribution is 7.13. The monoisotopic (exact) mass is 378 g/mol. The van der Waals surface area contributed by atoms with Crippen molar-refractivity contribution in [2.75, 3.05) is 25.0 Å². The van der Waals surface area contributed by atoms with Crippen LogP contribution in [0.3, 0.4) is 0 Å². The van der Waals surface area contributed by atoms with E-state index in [0.29, 0.717) is 36.3 Å². The van der Waals surface area contributed by atoms with Gasteiger partial charge in [0.1, 0.15) is 5.76 Å². The maximum atomic E-state index is 12.2. The molecule has 3 heterocycles. The van der Waals surface area contributed by atoms with Gasteiger partial charge in [0.25, 0.3) is 5.91 Å². The third-order valence-electron chi connectivity index (χ3n) is 3.80. The average Bonchev–Trinajstić information content (AvgIpc) is 3.15. The first-order chi connectivity index (χ1) is 12.5. The molecule has 1 aliphatic rings. The van der Waals surface area contributed by atoms with Crippen LogP contribution in [0.25, 0.3) is 0 Å². The molecular weight excluding hydrogens is 360 g/mol. The van der Waals surface area contributed by atoms with Gasteiger partial charge in [-0.3, -0.25) is 14.4 Å². The van der Waals surface area contributed by atoms with Crippen molar-refractivity contribution >= 4 is 34.3 Å². The topological polar surface area (TPSA) is 115 Å². The number of hydrogen-bond donors (Lipinski definition) is 1. The van der Waals surface area contributed by atoms with Crippen molar-refractivity contribution in [3.05, 3.63) is 28.6 Å². The Balaban J connectivity index is 1.47. The van der Waals surface area contributed by atoms with E-state index in [4.69, 9.17) is 9.26 Å². The number of hydrogen-bond acceptors (Lipinski definition) is 8. The highest BCUT2D eigenvalue weighted by atomic mass is 32.1. The van der Waals surface area contributed by atoms with Crippen molar-refractivity contribution in [3.8, 4) is 0 Å². The Hall–Kier alpha value is -2.75. The van der Waals surface area contributed by atoms with Crippen LogP contribution in [-0.4, -0.2) is 52.5 Å². The molecule has 26 heavy (non-hydrogen) atoms. The zero-order chi connectivity index (χ0) is 18.7. The summed E-state index contributed by atoms with van der Waals surface area (Å²) in [5, 5.41) is 8.53. The number of nitrogens with zero attached hydrogens (tertiary/aromatic N) is 3. The Morgan fingerprint density at radius 2 is 2.19 bits per heavy atom. The highest BCUT2D eigenvalue weighted by Gasteiger charge is 2.37. The summed E-state index contributed by atoms with van der Waals surface area (Å²) in [7, 11) is 0. The molecule has 0 unspecified atom stereocenters. The lowest BCUT2D eigenvalue weighted by Gasteiger charge is -2.37. The van der Waals surface area contributed by atoms with Crippen LogP contribution >= 0.6 is 11.3 Å². The highest BCUT2D eigenvalue weighted by Crippen LogP contribution is 2.22. The zero-order valence-corrected chi connectivity index (χ0v) is 15.2. The summed E-state index contributed by atoms with van der Waals surface area (Å²) in [6.45, 7) is 4.40. The van der Waals surface area contributed by atoms with Gasteiger partial charge in [-0.2, -0.15) is 0 Å². The molecule has 2 aromatic rings. The van der Waals surface area contributed by atoms with Crippen LogP contribution < -0.4 is 5.32 Å². The van der Waals surface area contributed by atoms with Gasteiger partial charge < -0.3 is 19.5 Å². The van der Waals surface area contributed by atoms with E-state index in [0.717, 1.165) is 0 Å². The van der Waals surface area contributed by atoms with Gasteiger partial charge in [0.2, 0.25) is 5.91 Å². The number of ether oxygens (including phenoxy) is 1. The van der Waals surface area contributed by atoms with Gasteiger partial charge in [-0.05, 0) is 13.8 Å². The molecule has 1 aliphatic heterocycles. The summed E-state index contributed by atoms with van der Waals surface area (Å²) in [5.74, 6) is -0.555. The van der Waals surface area contributed by atoms with Crippen LogP contribution in [0.15, 0.2) is 16.0 Å². The third-order valence-corrected chi connectivity index (χ3v) is 4.61. The first-order valence-corrected chi connectivity index (χ1v) is 8.97. The molecule has 2 amide bonds. The van der Waals surface area contributed by atoms with Gasteiger partial charge in [-0.15, -0.1) is 11.3 Å². The number of thiazole rings is 1. The lowest BCUT2D eigenvalue weighted by Crippen LogP contribution is -2.54. The molecule has 3 rings (SSSR count). The molecule has 10 heteroatoms. The van der Waals surface area contributed by atoms with Gasteiger partial charge in [-0.1, -0.05) is 5.16 Å². The Kier molecular flexibility index (Phi) is 5.31. The van der Waals surface area contributed by atoms with Gasteiger partial charge in [0.05, 0.1) is 24.6 Å². The third kappa shape index (κ3) is 4.07. The molecular formula is C16H18N4O5S. The number of esters is 1. The van der Waals surface area contributed by atoms with E-state index in [1.807, 2.05) is 0 Å². The molecule has 1 N–H and O–H groups in total. The second-order valence-corrected chi connectivity index (χ2v) is 6.70. The number of anilines is 1. The van der Waals surface area contributed by atoms with E-state index in [2.05, 4.69) is 15.5 Å². The summed E-state index contributed by atoms with van der Waals surface area (Å²) in [6.07, 6.45) is 0.0725. The van der Waals surface area contributed by atoms with E-state index >= 15 is 0 Å². The lowest BCUT2D eigenvalue weighted by atomic mass is 9.99. The maximum Gasteiger partial charge on any atom is 0.311 e. The van der Waals surface area contributed by atoms with Crippen molar-refractivity contribution in [2.24, 2.45) is 5.92 Å². The van der Waals surface area contributed by atoms with Crippen LogP contribution in [0.1, 0.15) is 28.9 Å². The van der Waals surface area contributed by atoms with Gasteiger partial charge in [0, 0.05) is 24.5 Å². The Bertz CT molecular complexity index is 824. The standard InChI is InChI=1S/C16H18N4O5S/c1-3-24-13(21)5-11-8-26-16(17-11)18-14(22)10-6-20(7-10)15(23)12-4-9(2)25-19-12/h4,8,10H,3,5-7H2,1-2H3,(H,17,18,22). The van der Waals surface area contributed by atoms with Gasteiger partial charge in [-0.25, -0.2) is 4.98 Å². The minimum absolute atomic E-state index is 0.0725. The number of amides is 2. The maximum absolute atomic E-state index is 12.2. The fraction of sp³-hybridized carbons (Fsp3) is 0.438. The normalized spacial score (nSPS) is 14.0. The molecule has 9 nitrogen and oxygen atoms in total. The fourth-order valence-electron chi connectivity index (χ4n) is 2.45. The summed E-state index contributed by atoms with van der Waals surface area (Å²) in [4.78, 5) is 41.5. The summed E-state index contributed by atoms with van der Waals surface area (Å²) in [5.41, 5.74) is 0.792. The first-order valence-electron chi connectivity index (χ1n) is 8.09. The molecule has 0 saturated carbocycles. The second-order valence-electron chi connectivity index (χ2n) is 5.84. The van der Waals surface area contributed by atoms with Crippen LogP contribution in [0.4, 0.5) is 5.13 Å². The minimum atomic E-state index is -0.355. The van der Waals surface area contributed by atoms with Crippen LogP contribution in [0.5, 0.6) is 0 Å². The number of aromatic nitrogens is 2. The van der Waals surface area contributed by atoms with Crippen molar-refractivity contribution < 1.29 is 23.6 Å². The molecule has 0 aliphatic carbocycles. The summed E-state index contributed by atoms with van der Waals surface area (Å²) >= 11 is 1.24. The fourth-order valence-corrected chi connectivity index (χ4v) is 3.17. The van der Waals surface area contributed by atoms with Gasteiger partial charge in [0.15, 0.2) is 10.8 Å². The Labute approximate surface area is 153 Å². The Morgan fingerprint density at radius 1 is 1.42 bits per heavy atom. The average molecular weight is 378 g/mol. The van der Waals surface area contributed by atoms with Crippen LogP contribution in [-0.2, 0) is 20.7 Å².